The second kappa shape index (κ2) is 7.03. The van der Waals surface area contributed by atoms with Crippen molar-refractivity contribution in [1.82, 2.24) is 0 Å². The van der Waals surface area contributed by atoms with E-state index in [-0.39, 0.29) is 17.1 Å². The van der Waals surface area contributed by atoms with Crippen molar-refractivity contribution >= 4 is 11.9 Å². The zero-order valence-corrected chi connectivity index (χ0v) is 11.8. The van der Waals surface area contributed by atoms with Gasteiger partial charge in [-0.3, -0.25) is 9.63 Å². The Balaban J connectivity index is 2.17. The molecule has 0 saturated carbocycles. The first-order valence-corrected chi connectivity index (χ1v) is 6.38. The van der Waals surface area contributed by atoms with Crippen LogP contribution in [0.4, 0.5) is 0 Å². The molecule has 0 amide bonds. The van der Waals surface area contributed by atoms with Crippen LogP contribution in [-0.4, -0.2) is 18.0 Å². The highest BCUT2D eigenvalue weighted by Gasteiger charge is 2.11. The average molecular weight is 299 g/mol. The number of allylic oxidation sites excluding steroid dienone is 1. The number of ether oxygens (including phenoxy) is 1. The van der Waals surface area contributed by atoms with Gasteiger partial charge in [0.1, 0.15) is 11.5 Å². The third-order valence-electron chi connectivity index (χ3n) is 2.87. The number of hydrogen-bond acceptors (Lipinski definition) is 5. The fraction of sp³-hybridized carbons (Fsp3) is 0.0625. The summed E-state index contributed by atoms with van der Waals surface area (Å²) in [6.07, 6.45) is 2.95. The van der Waals surface area contributed by atoms with Gasteiger partial charge in [0.25, 0.3) is 5.09 Å². The lowest BCUT2D eigenvalue weighted by molar-refractivity contribution is -0.711. The van der Waals surface area contributed by atoms with E-state index in [2.05, 4.69) is 4.84 Å². The number of carbonyl (C=O) groups is 1. The van der Waals surface area contributed by atoms with E-state index in [0.29, 0.717) is 5.75 Å². The lowest BCUT2D eigenvalue weighted by Gasteiger charge is -2.03. The standard InChI is InChI=1S/C16H13NO5/c1-21-13-9-6-12(7-10-13)8-11-15(18)14-4-2-3-5-16(14)22-17(19)20/h2-11H,1H3. The summed E-state index contributed by atoms with van der Waals surface area (Å²) in [5, 5.41) is 9.48. The number of hydrogen-bond donors (Lipinski definition) is 0. The van der Waals surface area contributed by atoms with Gasteiger partial charge < -0.3 is 4.74 Å². The normalized spacial score (nSPS) is 10.4. The molecule has 6 heteroatoms. The van der Waals surface area contributed by atoms with Crippen LogP contribution in [0, 0.1) is 10.1 Å². The van der Waals surface area contributed by atoms with Crippen molar-refractivity contribution in [3.63, 3.8) is 0 Å². The number of methoxy groups -OCH3 is 1. The number of para-hydroxylation sites is 1. The maximum Gasteiger partial charge on any atom is 0.299 e. The first kappa shape index (κ1) is 15.2. The second-order valence-corrected chi connectivity index (χ2v) is 4.28. The minimum absolute atomic E-state index is 0.0862. The van der Waals surface area contributed by atoms with Crippen molar-refractivity contribution in [2.75, 3.05) is 7.11 Å². The van der Waals surface area contributed by atoms with Gasteiger partial charge in [-0.25, -0.2) is 0 Å². The van der Waals surface area contributed by atoms with E-state index in [9.17, 15) is 14.9 Å². The maximum absolute atomic E-state index is 12.1. The molecule has 6 nitrogen and oxygen atoms in total. The molecular formula is C16H13NO5. The van der Waals surface area contributed by atoms with Crippen LogP contribution in [0.3, 0.4) is 0 Å². The maximum atomic E-state index is 12.1. The SMILES string of the molecule is COc1ccc(C=CC(=O)c2ccccc2O[N+](=O)[O-])cc1. The van der Waals surface area contributed by atoms with Gasteiger partial charge in [0.05, 0.1) is 12.7 Å². The van der Waals surface area contributed by atoms with E-state index >= 15 is 0 Å². The third kappa shape index (κ3) is 3.92. The van der Waals surface area contributed by atoms with Gasteiger partial charge in [0.2, 0.25) is 0 Å². The molecule has 0 fully saturated rings. The first-order chi connectivity index (χ1) is 10.6. The van der Waals surface area contributed by atoms with Crippen molar-refractivity contribution in [3.05, 3.63) is 75.8 Å². The van der Waals surface area contributed by atoms with Crippen LogP contribution >= 0.6 is 0 Å². The minimum atomic E-state index is -0.945. The van der Waals surface area contributed by atoms with Gasteiger partial charge in [-0.1, -0.05) is 30.3 Å². The molecular weight excluding hydrogens is 286 g/mol. The Morgan fingerprint density at radius 1 is 1.14 bits per heavy atom. The third-order valence-corrected chi connectivity index (χ3v) is 2.87. The lowest BCUT2D eigenvalue weighted by atomic mass is 10.1. The fourth-order valence-corrected chi connectivity index (χ4v) is 1.81. The fourth-order valence-electron chi connectivity index (χ4n) is 1.81. The average Bonchev–Trinajstić information content (AvgIpc) is 2.53. The Kier molecular flexibility index (Phi) is 4.87. The van der Waals surface area contributed by atoms with Gasteiger partial charge >= 0.3 is 0 Å². The molecule has 0 atom stereocenters. The molecule has 112 valence electrons. The van der Waals surface area contributed by atoms with Crippen LogP contribution in [0.25, 0.3) is 6.08 Å². The summed E-state index contributed by atoms with van der Waals surface area (Å²) in [7, 11) is 1.57. The van der Waals surface area contributed by atoms with Crippen molar-refractivity contribution in [1.29, 1.82) is 0 Å². The predicted octanol–water partition coefficient (Wildman–Crippen LogP) is 3.16. The molecule has 2 aromatic carbocycles. The Morgan fingerprint density at radius 2 is 1.82 bits per heavy atom. The quantitative estimate of drug-likeness (QED) is 0.354. The Morgan fingerprint density at radius 3 is 2.45 bits per heavy atom. The molecule has 22 heavy (non-hydrogen) atoms. The molecule has 0 aliphatic rings. The summed E-state index contributed by atoms with van der Waals surface area (Å²) < 4.78 is 5.05. The Bertz CT molecular complexity index is 707. The second-order valence-electron chi connectivity index (χ2n) is 4.28. The summed E-state index contributed by atoms with van der Waals surface area (Å²) in [5.41, 5.74) is 0.936. The summed E-state index contributed by atoms with van der Waals surface area (Å²) in [5.74, 6) is 0.248. The minimum Gasteiger partial charge on any atom is -0.497 e. The molecule has 0 bridgehead atoms. The smallest absolute Gasteiger partial charge is 0.299 e. The number of ketones is 1. The van der Waals surface area contributed by atoms with Crippen molar-refractivity contribution in [2.24, 2.45) is 0 Å². The number of rotatable bonds is 6. The van der Waals surface area contributed by atoms with Crippen LogP contribution in [0.1, 0.15) is 15.9 Å². The highest BCUT2D eigenvalue weighted by atomic mass is 17.0. The van der Waals surface area contributed by atoms with Gasteiger partial charge in [-0.05, 0) is 35.9 Å². The highest BCUT2D eigenvalue weighted by Crippen LogP contribution is 2.20. The molecule has 2 aromatic rings. The zero-order valence-electron chi connectivity index (χ0n) is 11.8. The number of nitrogens with zero attached hydrogens (tertiary/aromatic N) is 1. The van der Waals surface area contributed by atoms with Crippen LogP contribution in [0.5, 0.6) is 11.5 Å². The van der Waals surface area contributed by atoms with Crippen LogP contribution in [0.15, 0.2) is 54.6 Å². The molecule has 0 aromatic heterocycles. The van der Waals surface area contributed by atoms with Crippen LogP contribution in [-0.2, 0) is 0 Å². The van der Waals surface area contributed by atoms with Gasteiger partial charge in [0.15, 0.2) is 5.78 Å². The summed E-state index contributed by atoms with van der Waals surface area (Å²) in [4.78, 5) is 27.0. The van der Waals surface area contributed by atoms with E-state index in [1.54, 1.807) is 49.6 Å². The monoisotopic (exact) mass is 299 g/mol. The molecule has 0 heterocycles. The van der Waals surface area contributed by atoms with Crippen LogP contribution in [0.2, 0.25) is 0 Å². The predicted molar refractivity (Wildman–Crippen MR) is 80.4 cm³/mol. The van der Waals surface area contributed by atoms with E-state index in [1.807, 2.05) is 0 Å². The molecule has 0 saturated heterocycles. The molecule has 0 aliphatic heterocycles. The number of carbonyl (C=O) groups excluding carboxylic acids is 1. The van der Waals surface area contributed by atoms with Gasteiger partial charge in [0, 0.05) is 0 Å². The lowest BCUT2D eigenvalue weighted by Crippen LogP contribution is -2.07. The highest BCUT2D eigenvalue weighted by molar-refractivity contribution is 6.08. The zero-order chi connectivity index (χ0) is 15.9. The van der Waals surface area contributed by atoms with Gasteiger partial charge in [-0.2, -0.15) is 0 Å². The molecule has 2 rings (SSSR count). The summed E-state index contributed by atoms with van der Waals surface area (Å²) in [6.45, 7) is 0. The van der Waals surface area contributed by atoms with Crippen molar-refractivity contribution in [3.8, 4) is 11.5 Å². The molecule has 0 spiro atoms. The van der Waals surface area contributed by atoms with Gasteiger partial charge in [-0.15, -0.1) is 10.1 Å². The molecule has 0 radical (unpaired) electrons. The van der Waals surface area contributed by atoms with E-state index < -0.39 is 5.09 Å². The van der Waals surface area contributed by atoms with E-state index in [1.165, 1.54) is 18.2 Å². The first-order valence-electron chi connectivity index (χ1n) is 6.38. The Hall–Kier alpha value is -3.15. The van der Waals surface area contributed by atoms with Crippen molar-refractivity contribution in [2.45, 2.75) is 0 Å². The topological polar surface area (TPSA) is 78.7 Å². The molecule has 0 unspecified atom stereocenters. The number of benzene rings is 2. The molecule has 0 N–H and O–H groups in total. The largest absolute Gasteiger partial charge is 0.497 e. The summed E-state index contributed by atoms with van der Waals surface area (Å²) in [6, 6.07) is 13.1. The Labute approximate surface area is 126 Å². The van der Waals surface area contributed by atoms with Crippen LogP contribution < -0.4 is 9.57 Å². The van der Waals surface area contributed by atoms with E-state index in [4.69, 9.17) is 4.74 Å². The molecule has 0 aliphatic carbocycles. The summed E-state index contributed by atoms with van der Waals surface area (Å²) >= 11 is 0. The van der Waals surface area contributed by atoms with Crippen molar-refractivity contribution < 1.29 is 19.5 Å². The van der Waals surface area contributed by atoms with E-state index in [0.717, 1.165) is 5.56 Å².